The molecule has 0 aliphatic carbocycles. The van der Waals surface area contributed by atoms with E-state index in [0.717, 1.165) is 25.7 Å². The van der Waals surface area contributed by atoms with Gasteiger partial charge in [0.15, 0.2) is 12.1 Å². The molecular weight excluding hydrogens is 553 g/mol. The van der Waals surface area contributed by atoms with Crippen molar-refractivity contribution in [2.75, 3.05) is 11.9 Å². The lowest BCUT2D eigenvalue weighted by atomic mass is 10.1. The van der Waals surface area contributed by atoms with E-state index >= 15 is 0 Å². The van der Waals surface area contributed by atoms with Gasteiger partial charge in [-0.25, -0.2) is 0 Å². The summed E-state index contributed by atoms with van der Waals surface area (Å²) in [6.07, 6.45) is 2.85. The van der Waals surface area contributed by atoms with Crippen LogP contribution in [0.4, 0.5) is 5.69 Å². The molecule has 1 aliphatic heterocycles. The second kappa shape index (κ2) is 9.67. The average Bonchev–Trinajstić information content (AvgIpc) is 3.00. The Labute approximate surface area is 190 Å². The summed E-state index contributed by atoms with van der Waals surface area (Å²) in [7, 11) is 0. The van der Waals surface area contributed by atoms with Crippen molar-refractivity contribution in [1.82, 2.24) is 5.32 Å². The Kier molecular flexibility index (Phi) is 7.26. The maximum atomic E-state index is 12.3. The number of amides is 1. The minimum atomic E-state index is -0.216. The van der Waals surface area contributed by atoms with Crippen LogP contribution in [0.5, 0.6) is 5.75 Å². The second-order valence-electron chi connectivity index (χ2n) is 5.94. The van der Waals surface area contributed by atoms with Crippen molar-refractivity contribution in [3.63, 3.8) is 0 Å². The Bertz CT molecular complexity index is 934. The van der Waals surface area contributed by atoms with E-state index in [1.165, 1.54) is 17.3 Å². The summed E-state index contributed by atoms with van der Waals surface area (Å²) in [5, 5.41) is 14.9. The number of ether oxygens (including phenoxy) is 1. The van der Waals surface area contributed by atoms with E-state index < -0.39 is 0 Å². The second-order valence-corrected chi connectivity index (χ2v) is 9.10. The standard InChI is InChI=1S/C20H17BrIN3O2S/c1-2-12-3-5-14(6-4-12)24-20-25-19(26)17(28-20)11-13-9-15(21)18(16(22)10-13)27-8-7-23/h3-6,9-11,20,24H,2,8H2,1H3,(H,25,26)/b17-11-/t20-/m0/s1. The first-order valence-electron chi connectivity index (χ1n) is 8.53. The van der Waals surface area contributed by atoms with Gasteiger partial charge in [-0.3, -0.25) is 4.79 Å². The number of nitrogens with zero attached hydrogens (tertiary/aromatic N) is 1. The van der Waals surface area contributed by atoms with Crippen LogP contribution in [-0.2, 0) is 11.2 Å². The van der Waals surface area contributed by atoms with Gasteiger partial charge in [-0.1, -0.05) is 30.8 Å². The molecule has 0 spiro atoms. The van der Waals surface area contributed by atoms with Crippen molar-refractivity contribution < 1.29 is 9.53 Å². The van der Waals surface area contributed by atoms with E-state index in [9.17, 15) is 4.79 Å². The van der Waals surface area contributed by atoms with Gasteiger partial charge in [0.25, 0.3) is 5.91 Å². The molecule has 2 aromatic rings. The minimum absolute atomic E-state index is 0.0140. The quantitative estimate of drug-likeness (QED) is 0.373. The van der Waals surface area contributed by atoms with Crippen molar-refractivity contribution in [3.8, 4) is 11.8 Å². The molecule has 0 aromatic heterocycles. The molecule has 3 rings (SSSR count). The van der Waals surface area contributed by atoms with E-state index in [1.54, 1.807) is 0 Å². The third-order valence-electron chi connectivity index (χ3n) is 3.99. The maximum absolute atomic E-state index is 12.3. The molecule has 2 N–H and O–H groups in total. The Morgan fingerprint density at radius 1 is 1.39 bits per heavy atom. The largest absolute Gasteiger partial charge is 0.476 e. The van der Waals surface area contributed by atoms with Crippen molar-refractivity contribution in [3.05, 3.63) is 60.5 Å². The molecule has 8 heteroatoms. The lowest BCUT2D eigenvalue weighted by Crippen LogP contribution is -2.30. The molecule has 1 amide bonds. The lowest BCUT2D eigenvalue weighted by Gasteiger charge is -2.13. The summed E-state index contributed by atoms with van der Waals surface area (Å²) in [5.41, 5.74) is 2.90. The number of nitriles is 1. The summed E-state index contributed by atoms with van der Waals surface area (Å²) in [5.74, 6) is 0.520. The van der Waals surface area contributed by atoms with Gasteiger partial charge in [-0.05, 0) is 86.4 Å². The van der Waals surface area contributed by atoms with Crippen molar-refractivity contribution in [2.24, 2.45) is 0 Å². The number of thioether (sulfide) groups is 1. The SMILES string of the molecule is CCc1ccc(N[C@H]2NC(=O)/C(=C/c3cc(Br)c(OCC#N)c(I)c3)S2)cc1. The molecular formula is C20H17BrIN3O2S. The summed E-state index contributed by atoms with van der Waals surface area (Å²) in [6.45, 7) is 2.11. The van der Waals surface area contributed by atoms with Gasteiger partial charge in [0.2, 0.25) is 0 Å². The fourth-order valence-electron chi connectivity index (χ4n) is 2.61. The predicted molar refractivity (Wildman–Crippen MR) is 125 cm³/mol. The highest BCUT2D eigenvalue weighted by Gasteiger charge is 2.27. The zero-order valence-electron chi connectivity index (χ0n) is 15.0. The van der Waals surface area contributed by atoms with E-state index in [-0.39, 0.29) is 18.0 Å². The molecule has 0 unspecified atom stereocenters. The Balaban J connectivity index is 1.72. The number of carbonyl (C=O) groups is 1. The number of hydrogen-bond acceptors (Lipinski definition) is 5. The van der Waals surface area contributed by atoms with E-state index in [0.29, 0.717) is 10.7 Å². The van der Waals surface area contributed by atoms with Crippen LogP contribution in [0.3, 0.4) is 0 Å². The molecule has 0 radical (unpaired) electrons. The van der Waals surface area contributed by atoms with Gasteiger partial charge >= 0.3 is 0 Å². The highest BCUT2D eigenvalue weighted by Crippen LogP contribution is 2.35. The van der Waals surface area contributed by atoms with Crippen molar-refractivity contribution >= 4 is 68.0 Å². The first-order chi connectivity index (χ1) is 13.5. The number of hydrogen-bond donors (Lipinski definition) is 2. The number of rotatable bonds is 6. The average molecular weight is 570 g/mol. The fraction of sp³-hybridized carbons (Fsp3) is 0.200. The van der Waals surface area contributed by atoms with Crippen LogP contribution in [0.1, 0.15) is 18.1 Å². The van der Waals surface area contributed by atoms with E-state index in [1.807, 2.05) is 36.4 Å². The van der Waals surface area contributed by atoms with Crippen molar-refractivity contribution in [1.29, 1.82) is 5.26 Å². The van der Waals surface area contributed by atoms with Crippen LogP contribution in [0, 0.1) is 14.9 Å². The van der Waals surface area contributed by atoms with Gasteiger partial charge < -0.3 is 15.4 Å². The first kappa shape index (κ1) is 21.0. The van der Waals surface area contributed by atoms with Crippen LogP contribution in [0.2, 0.25) is 0 Å². The Morgan fingerprint density at radius 2 is 2.14 bits per heavy atom. The molecule has 0 bridgehead atoms. The molecule has 144 valence electrons. The van der Waals surface area contributed by atoms with Crippen LogP contribution in [-0.4, -0.2) is 18.0 Å². The highest BCUT2D eigenvalue weighted by molar-refractivity contribution is 14.1. The molecule has 1 atom stereocenters. The van der Waals surface area contributed by atoms with Gasteiger partial charge in [0, 0.05) is 5.69 Å². The molecule has 1 heterocycles. The molecule has 1 aliphatic rings. The third-order valence-corrected chi connectivity index (χ3v) is 6.41. The van der Waals surface area contributed by atoms with Crippen LogP contribution in [0.15, 0.2) is 45.8 Å². The zero-order chi connectivity index (χ0) is 20.1. The predicted octanol–water partition coefficient (Wildman–Crippen LogP) is 5.12. The molecule has 2 aromatic carbocycles. The van der Waals surface area contributed by atoms with Gasteiger partial charge in [0.05, 0.1) is 12.9 Å². The first-order valence-corrected chi connectivity index (χ1v) is 11.3. The van der Waals surface area contributed by atoms with Crippen molar-refractivity contribution in [2.45, 2.75) is 18.8 Å². The summed E-state index contributed by atoms with van der Waals surface area (Å²) in [6, 6.07) is 14.0. The normalized spacial score (nSPS) is 17.3. The fourth-order valence-corrected chi connectivity index (χ4v) is 5.36. The monoisotopic (exact) mass is 569 g/mol. The molecule has 5 nitrogen and oxygen atoms in total. The summed E-state index contributed by atoms with van der Waals surface area (Å²) in [4.78, 5) is 13.0. The maximum Gasteiger partial charge on any atom is 0.260 e. The number of nitrogens with one attached hydrogen (secondary N) is 2. The van der Waals surface area contributed by atoms with Crippen LogP contribution >= 0.6 is 50.3 Å². The summed E-state index contributed by atoms with van der Waals surface area (Å²) < 4.78 is 7.04. The number of halogens is 2. The zero-order valence-corrected chi connectivity index (χ0v) is 19.5. The smallest absolute Gasteiger partial charge is 0.260 e. The number of benzene rings is 2. The third kappa shape index (κ3) is 5.21. The number of aryl methyl sites for hydroxylation is 1. The number of anilines is 1. The highest BCUT2D eigenvalue weighted by atomic mass is 127. The van der Waals surface area contributed by atoms with Gasteiger partial charge in [-0.2, -0.15) is 5.26 Å². The molecule has 1 fully saturated rings. The minimum Gasteiger partial charge on any atom is -0.476 e. The molecule has 28 heavy (non-hydrogen) atoms. The van der Waals surface area contributed by atoms with E-state index in [2.05, 4.69) is 68.2 Å². The van der Waals surface area contributed by atoms with Crippen LogP contribution < -0.4 is 15.4 Å². The van der Waals surface area contributed by atoms with E-state index in [4.69, 9.17) is 10.00 Å². The Morgan fingerprint density at radius 3 is 2.79 bits per heavy atom. The lowest BCUT2D eigenvalue weighted by molar-refractivity contribution is -0.116. The molecule has 0 saturated carbocycles. The number of carbonyl (C=O) groups excluding carboxylic acids is 1. The topological polar surface area (TPSA) is 74.2 Å². The molecule has 1 saturated heterocycles. The van der Waals surface area contributed by atoms with Crippen LogP contribution in [0.25, 0.3) is 6.08 Å². The summed E-state index contributed by atoms with van der Waals surface area (Å²) >= 11 is 7.07. The Hall–Kier alpha value is -1.70. The van der Waals surface area contributed by atoms with Gasteiger partial charge in [0.1, 0.15) is 11.8 Å². The van der Waals surface area contributed by atoms with Gasteiger partial charge in [-0.15, -0.1) is 0 Å².